The molecule has 12 heavy (non-hydrogen) atoms. The third-order valence-corrected chi connectivity index (χ3v) is 1.82. The molecule has 1 unspecified atom stereocenters. The van der Waals surface area contributed by atoms with E-state index in [4.69, 9.17) is 10.5 Å². The van der Waals surface area contributed by atoms with E-state index in [1.807, 2.05) is 13.8 Å². The molecule has 0 aliphatic carbocycles. The number of hydrogen-bond acceptors (Lipinski definition) is 3. The molecule has 1 saturated heterocycles. The van der Waals surface area contributed by atoms with Gasteiger partial charge in [0.05, 0.1) is 6.10 Å². The maximum Gasteiger partial charge on any atom is 0.410 e. The van der Waals surface area contributed by atoms with E-state index in [1.54, 1.807) is 4.90 Å². The summed E-state index contributed by atoms with van der Waals surface area (Å²) in [7, 11) is 0. The van der Waals surface area contributed by atoms with Gasteiger partial charge in [-0.1, -0.05) is 0 Å². The molecular weight excluding hydrogens is 156 g/mol. The molecule has 1 amide bonds. The Balaban J connectivity index is 2.33. The largest absolute Gasteiger partial charge is 0.447 e. The Labute approximate surface area is 72.7 Å². The van der Waals surface area contributed by atoms with Gasteiger partial charge in [-0.25, -0.2) is 4.79 Å². The molecule has 70 valence electrons. The van der Waals surface area contributed by atoms with Gasteiger partial charge in [-0.2, -0.15) is 0 Å². The fourth-order valence-corrected chi connectivity index (χ4v) is 1.23. The normalized spacial score (nSPS) is 23.3. The lowest BCUT2D eigenvalue weighted by atomic mass is 10.3. The summed E-state index contributed by atoms with van der Waals surface area (Å²) in [6.07, 6.45) is 0.597. The summed E-state index contributed by atoms with van der Waals surface area (Å²) < 4.78 is 5.01. The molecule has 1 aliphatic rings. The van der Waals surface area contributed by atoms with Crippen molar-refractivity contribution in [1.29, 1.82) is 0 Å². The van der Waals surface area contributed by atoms with Crippen LogP contribution >= 0.6 is 0 Å². The molecule has 0 saturated carbocycles. The zero-order valence-electron chi connectivity index (χ0n) is 7.62. The monoisotopic (exact) mass is 172 g/mol. The number of likely N-dealkylation sites (tertiary alicyclic amines) is 1. The number of rotatable bonds is 1. The molecule has 1 heterocycles. The summed E-state index contributed by atoms with van der Waals surface area (Å²) in [5.74, 6) is 0. The van der Waals surface area contributed by atoms with Crippen LogP contribution in [-0.4, -0.2) is 36.2 Å². The minimum absolute atomic E-state index is 0.0469. The number of carbonyl (C=O) groups is 1. The minimum atomic E-state index is -0.238. The van der Waals surface area contributed by atoms with E-state index in [0.29, 0.717) is 6.54 Å². The summed E-state index contributed by atoms with van der Waals surface area (Å²) >= 11 is 0. The number of ether oxygens (including phenoxy) is 1. The van der Waals surface area contributed by atoms with E-state index in [-0.39, 0.29) is 18.2 Å². The lowest BCUT2D eigenvalue weighted by Crippen LogP contribution is -2.33. The molecular formula is C8H16N2O2. The predicted molar refractivity (Wildman–Crippen MR) is 45.8 cm³/mol. The van der Waals surface area contributed by atoms with Crippen molar-refractivity contribution in [3.8, 4) is 0 Å². The second-order valence-electron chi connectivity index (χ2n) is 3.43. The van der Waals surface area contributed by atoms with Crippen molar-refractivity contribution in [2.45, 2.75) is 32.4 Å². The van der Waals surface area contributed by atoms with Gasteiger partial charge in [0.1, 0.15) is 0 Å². The summed E-state index contributed by atoms with van der Waals surface area (Å²) in [6, 6.07) is 0.129. The first-order chi connectivity index (χ1) is 5.59. The molecule has 0 aromatic carbocycles. The van der Waals surface area contributed by atoms with E-state index < -0.39 is 0 Å². The Bertz CT molecular complexity index is 170. The van der Waals surface area contributed by atoms with Gasteiger partial charge < -0.3 is 15.4 Å². The van der Waals surface area contributed by atoms with Gasteiger partial charge in [-0.3, -0.25) is 0 Å². The van der Waals surface area contributed by atoms with Gasteiger partial charge in [0.25, 0.3) is 0 Å². The van der Waals surface area contributed by atoms with Crippen LogP contribution in [-0.2, 0) is 4.74 Å². The first kappa shape index (κ1) is 9.32. The molecule has 0 aromatic rings. The molecule has 0 bridgehead atoms. The molecule has 1 aliphatic heterocycles. The van der Waals surface area contributed by atoms with Crippen molar-refractivity contribution < 1.29 is 9.53 Å². The molecule has 2 N–H and O–H groups in total. The van der Waals surface area contributed by atoms with Crippen LogP contribution in [0.4, 0.5) is 4.79 Å². The number of nitrogens with two attached hydrogens (primary N) is 1. The van der Waals surface area contributed by atoms with Crippen molar-refractivity contribution in [2.75, 3.05) is 13.1 Å². The fourth-order valence-electron chi connectivity index (χ4n) is 1.23. The zero-order chi connectivity index (χ0) is 9.14. The average molecular weight is 172 g/mol. The van der Waals surface area contributed by atoms with Crippen molar-refractivity contribution in [3.05, 3.63) is 0 Å². The molecule has 0 spiro atoms. The molecule has 4 heteroatoms. The van der Waals surface area contributed by atoms with E-state index in [0.717, 1.165) is 13.0 Å². The Morgan fingerprint density at radius 3 is 2.75 bits per heavy atom. The van der Waals surface area contributed by atoms with Gasteiger partial charge in [0.2, 0.25) is 0 Å². The summed E-state index contributed by atoms with van der Waals surface area (Å²) in [4.78, 5) is 12.9. The van der Waals surface area contributed by atoms with Crippen LogP contribution in [0.1, 0.15) is 20.3 Å². The van der Waals surface area contributed by atoms with Gasteiger partial charge in [0.15, 0.2) is 0 Å². The topological polar surface area (TPSA) is 55.6 Å². The highest BCUT2D eigenvalue weighted by Gasteiger charge is 2.24. The highest BCUT2D eigenvalue weighted by Crippen LogP contribution is 2.09. The average Bonchev–Trinajstić information content (AvgIpc) is 2.34. The van der Waals surface area contributed by atoms with Gasteiger partial charge in [-0.15, -0.1) is 0 Å². The Morgan fingerprint density at radius 2 is 2.33 bits per heavy atom. The third-order valence-electron chi connectivity index (χ3n) is 1.82. The smallest absolute Gasteiger partial charge is 0.410 e. The predicted octanol–water partition coefficient (Wildman–Crippen LogP) is 0.564. The molecule has 1 rings (SSSR count). The first-order valence-electron chi connectivity index (χ1n) is 4.30. The lowest BCUT2D eigenvalue weighted by Gasteiger charge is -2.17. The lowest BCUT2D eigenvalue weighted by molar-refractivity contribution is 0.0833. The minimum Gasteiger partial charge on any atom is -0.447 e. The van der Waals surface area contributed by atoms with Crippen molar-refractivity contribution in [1.82, 2.24) is 4.90 Å². The number of carbonyl (C=O) groups excluding carboxylic acids is 1. The van der Waals surface area contributed by atoms with Crippen LogP contribution in [0.25, 0.3) is 0 Å². The van der Waals surface area contributed by atoms with Crippen LogP contribution in [0.15, 0.2) is 0 Å². The van der Waals surface area contributed by atoms with Crippen LogP contribution in [0.2, 0.25) is 0 Å². The number of hydrogen-bond donors (Lipinski definition) is 1. The van der Waals surface area contributed by atoms with Crippen LogP contribution in [0.5, 0.6) is 0 Å². The second-order valence-corrected chi connectivity index (χ2v) is 3.43. The Hall–Kier alpha value is -0.770. The van der Waals surface area contributed by atoms with Gasteiger partial charge in [-0.05, 0) is 20.3 Å². The standard InChI is InChI=1S/C8H16N2O2/c1-6(2)12-8(11)10-4-3-7(9)5-10/h6-7H,3-5,9H2,1-2H3. The molecule has 0 radical (unpaired) electrons. The summed E-state index contributed by atoms with van der Waals surface area (Å²) in [5.41, 5.74) is 5.64. The number of nitrogens with zero attached hydrogens (tertiary/aromatic N) is 1. The maximum atomic E-state index is 11.2. The van der Waals surface area contributed by atoms with E-state index in [9.17, 15) is 4.79 Å². The van der Waals surface area contributed by atoms with Crippen molar-refractivity contribution in [2.24, 2.45) is 5.73 Å². The van der Waals surface area contributed by atoms with Gasteiger partial charge in [0, 0.05) is 19.1 Å². The van der Waals surface area contributed by atoms with E-state index in [1.165, 1.54) is 0 Å². The molecule has 0 aromatic heterocycles. The Morgan fingerprint density at radius 1 is 1.67 bits per heavy atom. The Kier molecular flexibility index (Phi) is 2.92. The van der Waals surface area contributed by atoms with Gasteiger partial charge >= 0.3 is 6.09 Å². The highest BCUT2D eigenvalue weighted by molar-refractivity contribution is 5.68. The molecule has 4 nitrogen and oxygen atoms in total. The highest BCUT2D eigenvalue weighted by atomic mass is 16.6. The SMILES string of the molecule is CC(C)OC(=O)N1CCC(N)C1. The zero-order valence-corrected chi connectivity index (χ0v) is 7.62. The molecule has 1 fully saturated rings. The van der Waals surface area contributed by atoms with E-state index >= 15 is 0 Å². The molecule has 1 atom stereocenters. The quantitative estimate of drug-likeness (QED) is 0.629. The summed E-state index contributed by atoms with van der Waals surface area (Å²) in [6.45, 7) is 5.04. The maximum absolute atomic E-state index is 11.2. The van der Waals surface area contributed by atoms with E-state index in [2.05, 4.69) is 0 Å². The van der Waals surface area contributed by atoms with Crippen LogP contribution in [0.3, 0.4) is 0 Å². The van der Waals surface area contributed by atoms with Crippen LogP contribution in [0, 0.1) is 0 Å². The first-order valence-corrected chi connectivity index (χ1v) is 4.30. The van der Waals surface area contributed by atoms with Crippen molar-refractivity contribution >= 4 is 6.09 Å². The second kappa shape index (κ2) is 3.76. The summed E-state index contributed by atoms with van der Waals surface area (Å²) in [5, 5.41) is 0. The van der Waals surface area contributed by atoms with Crippen molar-refractivity contribution in [3.63, 3.8) is 0 Å². The third kappa shape index (κ3) is 2.37. The number of amides is 1. The fraction of sp³-hybridized carbons (Fsp3) is 0.875. The van der Waals surface area contributed by atoms with Crippen LogP contribution < -0.4 is 5.73 Å².